The molecule has 3 aliphatic carbocycles. The van der Waals surface area contributed by atoms with Gasteiger partial charge in [0.15, 0.2) is 0 Å². The van der Waals surface area contributed by atoms with Crippen molar-refractivity contribution in [2.75, 3.05) is 6.61 Å². The van der Waals surface area contributed by atoms with E-state index in [9.17, 15) is 0 Å². The molecule has 0 aromatic heterocycles. The summed E-state index contributed by atoms with van der Waals surface area (Å²) in [5.74, 6) is 6.65. The molecule has 0 spiro atoms. The second-order valence-corrected chi connectivity index (χ2v) is 12.1. The summed E-state index contributed by atoms with van der Waals surface area (Å²) in [6.07, 6.45) is 27.7. The smallest absolute Gasteiger partial charge is 0.119 e. The third-order valence-electron chi connectivity index (χ3n) is 9.72. The molecule has 0 radical (unpaired) electrons. The monoisotopic (exact) mass is 464 g/mol. The first-order chi connectivity index (χ1) is 16.7. The SMILES string of the molecule is CCCC1CCC(c2ccc(OC/C=C/[C@H]3CC[C@H]([C@H]4CC[C@H](CCC)CC4)CC3)cc2)CC1. The van der Waals surface area contributed by atoms with Gasteiger partial charge < -0.3 is 4.74 Å². The van der Waals surface area contributed by atoms with Crippen LogP contribution in [-0.2, 0) is 0 Å². The van der Waals surface area contributed by atoms with Gasteiger partial charge in [-0.2, -0.15) is 0 Å². The molecule has 34 heavy (non-hydrogen) atoms. The molecule has 0 amide bonds. The van der Waals surface area contributed by atoms with Gasteiger partial charge in [-0.15, -0.1) is 0 Å². The minimum atomic E-state index is 0.711. The fourth-order valence-corrected chi connectivity index (χ4v) is 7.59. The molecule has 1 nitrogen and oxygen atoms in total. The second-order valence-electron chi connectivity index (χ2n) is 12.1. The molecule has 4 rings (SSSR count). The first-order valence-electron chi connectivity index (χ1n) is 15.1. The lowest BCUT2D eigenvalue weighted by atomic mass is 9.69. The number of hydrogen-bond donors (Lipinski definition) is 0. The van der Waals surface area contributed by atoms with Crippen molar-refractivity contribution in [3.05, 3.63) is 42.0 Å². The van der Waals surface area contributed by atoms with E-state index in [-0.39, 0.29) is 0 Å². The van der Waals surface area contributed by atoms with Gasteiger partial charge in [0.2, 0.25) is 0 Å². The Morgan fingerprint density at radius 1 is 0.676 bits per heavy atom. The molecule has 1 aromatic carbocycles. The molecule has 1 aromatic rings. The van der Waals surface area contributed by atoms with E-state index in [4.69, 9.17) is 4.74 Å². The highest BCUT2D eigenvalue weighted by Gasteiger charge is 2.30. The van der Waals surface area contributed by atoms with Gasteiger partial charge in [-0.25, -0.2) is 0 Å². The van der Waals surface area contributed by atoms with Gasteiger partial charge in [-0.05, 0) is 117 Å². The molecular formula is C33H52O. The highest BCUT2D eigenvalue weighted by atomic mass is 16.5. The highest BCUT2D eigenvalue weighted by Crippen LogP contribution is 2.42. The van der Waals surface area contributed by atoms with Crippen molar-refractivity contribution in [2.45, 2.75) is 122 Å². The van der Waals surface area contributed by atoms with Crippen LogP contribution >= 0.6 is 0 Å². The van der Waals surface area contributed by atoms with Gasteiger partial charge in [0.25, 0.3) is 0 Å². The summed E-state index contributed by atoms with van der Waals surface area (Å²) in [7, 11) is 0. The highest BCUT2D eigenvalue weighted by molar-refractivity contribution is 5.30. The van der Waals surface area contributed by atoms with Crippen LogP contribution in [0.15, 0.2) is 36.4 Å². The summed E-state index contributed by atoms with van der Waals surface area (Å²) in [4.78, 5) is 0. The van der Waals surface area contributed by atoms with Crippen molar-refractivity contribution in [2.24, 2.45) is 29.6 Å². The van der Waals surface area contributed by atoms with Crippen molar-refractivity contribution in [3.8, 4) is 5.75 Å². The molecular weight excluding hydrogens is 412 g/mol. The topological polar surface area (TPSA) is 9.23 Å². The average Bonchev–Trinajstić information content (AvgIpc) is 2.89. The predicted octanol–water partition coefficient (Wildman–Crippen LogP) is 10.1. The summed E-state index contributed by atoms with van der Waals surface area (Å²) in [5, 5.41) is 0. The molecule has 1 heteroatoms. The van der Waals surface area contributed by atoms with Crippen LogP contribution in [0.5, 0.6) is 5.75 Å². The molecule has 3 fully saturated rings. The van der Waals surface area contributed by atoms with E-state index >= 15 is 0 Å². The lowest BCUT2D eigenvalue weighted by Crippen LogP contribution is -2.25. The van der Waals surface area contributed by atoms with Crippen molar-refractivity contribution in [1.82, 2.24) is 0 Å². The first kappa shape index (κ1) is 25.8. The van der Waals surface area contributed by atoms with Crippen LogP contribution in [-0.4, -0.2) is 6.61 Å². The van der Waals surface area contributed by atoms with Gasteiger partial charge >= 0.3 is 0 Å². The minimum absolute atomic E-state index is 0.711. The Kier molecular flexibility index (Phi) is 10.4. The zero-order chi connectivity index (χ0) is 23.6. The molecule has 0 N–H and O–H groups in total. The Hall–Kier alpha value is -1.24. The summed E-state index contributed by atoms with van der Waals surface area (Å²) < 4.78 is 6.05. The molecule has 0 bridgehead atoms. The molecule has 190 valence electrons. The predicted molar refractivity (Wildman–Crippen MR) is 146 cm³/mol. The van der Waals surface area contributed by atoms with Gasteiger partial charge in [0.1, 0.15) is 12.4 Å². The molecule has 0 unspecified atom stereocenters. The Bertz CT molecular complexity index is 695. The van der Waals surface area contributed by atoms with E-state index in [1.807, 2.05) is 0 Å². The summed E-state index contributed by atoms with van der Waals surface area (Å²) >= 11 is 0. The molecule has 0 atom stereocenters. The Balaban J connectivity index is 1.11. The van der Waals surface area contributed by atoms with E-state index in [1.165, 1.54) is 108 Å². The van der Waals surface area contributed by atoms with Crippen LogP contribution in [0, 0.1) is 29.6 Å². The lowest BCUT2D eigenvalue weighted by molar-refractivity contribution is 0.152. The fraction of sp³-hybridized carbons (Fsp3) is 0.758. The quantitative estimate of drug-likeness (QED) is 0.313. The van der Waals surface area contributed by atoms with Crippen molar-refractivity contribution in [3.63, 3.8) is 0 Å². The van der Waals surface area contributed by atoms with Crippen molar-refractivity contribution in [1.29, 1.82) is 0 Å². The van der Waals surface area contributed by atoms with E-state index in [1.54, 1.807) is 0 Å². The molecule has 3 aliphatic rings. The Morgan fingerprint density at radius 3 is 1.76 bits per heavy atom. The van der Waals surface area contributed by atoms with Crippen LogP contribution in [0.3, 0.4) is 0 Å². The zero-order valence-electron chi connectivity index (χ0n) is 22.4. The largest absolute Gasteiger partial charge is 0.490 e. The number of hydrogen-bond acceptors (Lipinski definition) is 1. The van der Waals surface area contributed by atoms with Crippen LogP contribution in [0.1, 0.15) is 128 Å². The summed E-state index contributed by atoms with van der Waals surface area (Å²) in [6, 6.07) is 9.03. The van der Waals surface area contributed by atoms with Crippen LogP contribution in [0.25, 0.3) is 0 Å². The standard InChI is InChI=1S/C33H52O/c1-3-6-26-9-15-29(16-10-26)30-19-13-28(14-20-30)8-5-25-34-33-23-21-32(22-24-33)31-17-11-27(7-4-2)12-18-31/h5,8,21-24,26-31H,3-4,6-7,9-20,25H2,1-2H3/b8-5+/t26-,27?,28-,29-,30-,31?. The Labute approximate surface area is 211 Å². The number of rotatable bonds is 10. The van der Waals surface area contributed by atoms with Gasteiger partial charge in [-0.1, -0.05) is 76.7 Å². The molecule has 0 heterocycles. The zero-order valence-corrected chi connectivity index (χ0v) is 22.4. The van der Waals surface area contributed by atoms with E-state index in [0.717, 1.165) is 41.3 Å². The minimum Gasteiger partial charge on any atom is -0.490 e. The number of benzene rings is 1. The maximum atomic E-state index is 6.05. The molecule has 3 saturated carbocycles. The molecule has 0 saturated heterocycles. The van der Waals surface area contributed by atoms with E-state index < -0.39 is 0 Å². The fourth-order valence-electron chi connectivity index (χ4n) is 7.59. The lowest BCUT2D eigenvalue weighted by Gasteiger charge is -2.37. The first-order valence-corrected chi connectivity index (χ1v) is 15.1. The van der Waals surface area contributed by atoms with Gasteiger partial charge in [0.05, 0.1) is 0 Å². The average molecular weight is 465 g/mol. The van der Waals surface area contributed by atoms with Crippen molar-refractivity contribution < 1.29 is 4.74 Å². The number of allylic oxidation sites excluding steroid dienone is 1. The Morgan fingerprint density at radius 2 is 1.21 bits per heavy atom. The van der Waals surface area contributed by atoms with Crippen LogP contribution in [0.4, 0.5) is 0 Å². The summed E-state index contributed by atoms with van der Waals surface area (Å²) in [6.45, 7) is 5.38. The maximum Gasteiger partial charge on any atom is 0.119 e. The third kappa shape index (κ3) is 7.63. The van der Waals surface area contributed by atoms with Gasteiger partial charge in [0, 0.05) is 0 Å². The van der Waals surface area contributed by atoms with E-state index in [2.05, 4.69) is 50.3 Å². The summed E-state index contributed by atoms with van der Waals surface area (Å²) in [5.41, 5.74) is 1.52. The normalized spacial score (nSPS) is 32.6. The van der Waals surface area contributed by atoms with Gasteiger partial charge in [-0.3, -0.25) is 0 Å². The van der Waals surface area contributed by atoms with E-state index in [0.29, 0.717) is 6.61 Å². The van der Waals surface area contributed by atoms with Crippen LogP contribution < -0.4 is 4.74 Å². The number of ether oxygens (including phenoxy) is 1. The second kappa shape index (κ2) is 13.7. The molecule has 0 aliphatic heterocycles. The maximum absolute atomic E-state index is 6.05. The van der Waals surface area contributed by atoms with Crippen molar-refractivity contribution >= 4 is 0 Å². The van der Waals surface area contributed by atoms with Crippen LogP contribution in [0.2, 0.25) is 0 Å². The third-order valence-corrected chi connectivity index (χ3v) is 9.72.